The Balaban J connectivity index is 1.94. The molecule has 0 saturated carbocycles. The van der Waals surface area contributed by atoms with Crippen molar-refractivity contribution in [2.75, 3.05) is 25.5 Å². The number of hydrogen-bond donors (Lipinski definition) is 3. The number of carbonyl (C=O) groups is 1. The van der Waals surface area contributed by atoms with E-state index in [1.807, 2.05) is 0 Å². The summed E-state index contributed by atoms with van der Waals surface area (Å²) in [4.78, 5) is 22.0. The molecule has 2 rings (SSSR count). The summed E-state index contributed by atoms with van der Waals surface area (Å²) in [7, 11) is 1.59. The average Bonchev–Trinajstić information content (AvgIpc) is 2.86. The van der Waals surface area contributed by atoms with Crippen LogP contribution in [-0.4, -0.2) is 43.3 Å². The number of methoxy groups -OCH3 is 1. The molecule has 2 atom stereocenters. The van der Waals surface area contributed by atoms with Crippen LogP contribution in [0.1, 0.15) is 0 Å². The lowest BCUT2D eigenvalue weighted by molar-refractivity contribution is -0.384. The lowest BCUT2D eigenvalue weighted by Gasteiger charge is -2.18. The van der Waals surface area contributed by atoms with Crippen LogP contribution in [0.2, 0.25) is 0 Å². The summed E-state index contributed by atoms with van der Waals surface area (Å²) in [5.74, 6) is 0. The number of rotatable bonds is 4. The van der Waals surface area contributed by atoms with Gasteiger partial charge in [-0.2, -0.15) is 0 Å². The van der Waals surface area contributed by atoms with Gasteiger partial charge in [-0.3, -0.25) is 10.1 Å². The molecule has 2 amide bonds. The molecule has 20 heavy (non-hydrogen) atoms. The Morgan fingerprint density at radius 3 is 3.00 bits per heavy atom. The molecule has 0 spiro atoms. The molecule has 0 aromatic heterocycles. The monoisotopic (exact) mass is 280 g/mol. The normalized spacial score (nSPS) is 21.4. The predicted molar refractivity (Wildman–Crippen MR) is 72.7 cm³/mol. The second kappa shape index (κ2) is 6.31. The topological polar surface area (TPSA) is 106 Å². The molecule has 1 saturated heterocycles. The molecule has 1 aromatic carbocycles. The van der Waals surface area contributed by atoms with E-state index in [9.17, 15) is 14.9 Å². The quantitative estimate of drug-likeness (QED) is 0.556. The van der Waals surface area contributed by atoms with Crippen molar-refractivity contribution in [1.29, 1.82) is 0 Å². The summed E-state index contributed by atoms with van der Waals surface area (Å²) in [5, 5.41) is 19.1. The second-order valence-electron chi connectivity index (χ2n) is 4.44. The molecule has 1 unspecified atom stereocenters. The van der Waals surface area contributed by atoms with Crippen molar-refractivity contribution < 1.29 is 14.5 Å². The van der Waals surface area contributed by atoms with Crippen molar-refractivity contribution in [2.24, 2.45) is 0 Å². The minimum atomic E-state index is -0.509. The highest BCUT2D eigenvalue weighted by Crippen LogP contribution is 2.17. The standard InChI is InChI=1S/C12H16N4O4/c1-20-11-7-13-6-10(11)15-12(17)14-8-3-2-4-9(5-8)16(18)19/h2-5,10-11,13H,6-7H2,1H3,(H2,14,15,17)/t10?,11-/m0/s1. The van der Waals surface area contributed by atoms with Crippen molar-refractivity contribution in [2.45, 2.75) is 12.1 Å². The minimum Gasteiger partial charge on any atom is -0.378 e. The largest absolute Gasteiger partial charge is 0.378 e. The smallest absolute Gasteiger partial charge is 0.319 e. The van der Waals surface area contributed by atoms with Gasteiger partial charge in [-0.15, -0.1) is 0 Å². The van der Waals surface area contributed by atoms with Gasteiger partial charge in [-0.1, -0.05) is 6.07 Å². The molecule has 8 heteroatoms. The van der Waals surface area contributed by atoms with Crippen molar-refractivity contribution in [1.82, 2.24) is 10.6 Å². The zero-order chi connectivity index (χ0) is 14.5. The minimum absolute atomic E-state index is 0.0694. The number of urea groups is 1. The molecule has 1 fully saturated rings. The van der Waals surface area contributed by atoms with Crippen LogP contribution in [0, 0.1) is 10.1 Å². The first-order valence-electron chi connectivity index (χ1n) is 6.15. The SMILES string of the molecule is CO[C@H]1CNCC1NC(=O)Nc1cccc([N+](=O)[O-])c1. The van der Waals surface area contributed by atoms with Crippen molar-refractivity contribution in [3.8, 4) is 0 Å². The third kappa shape index (κ3) is 3.43. The zero-order valence-corrected chi connectivity index (χ0v) is 11.0. The maximum Gasteiger partial charge on any atom is 0.319 e. The Morgan fingerprint density at radius 1 is 1.50 bits per heavy atom. The van der Waals surface area contributed by atoms with Gasteiger partial charge in [0.15, 0.2) is 0 Å². The van der Waals surface area contributed by atoms with Crippen LogP contribution in [0.15, 0.2) is 24.3 Å². The highest BCUT2D eigenvalue weighted by atomic mass is 16.6. The highest BCUT2D eigenvalue weighted by molar-refractivity contribution is 5.89. The van der Waals surface area contributed by atoms with Crippen LogP contribution >= 0.6 is 0 Å². The molecule has 108 valence electrons. The summed E-state index contributed by atoms with van der Waals surface area (Å²) < 4.78 is 5.23. The number of amides is 2. The first-order valence-corrected chi connectivity index (χ1v) is 6.15. The van der Waals surface area contributed by atoms with E-state index in [1.54, 1.807) is 13.2 Å². The number of benzene rings is 1. The fourth-order valence-corrected chi connectivity index (χ4v) is 2.08. The molecular weight excluding hydrogens is 264 g/mol. The summed E-state index contributed by atoms with van der Waals surface area (Å²) >= 11 is 0. The molecule has 0 bridgehead atoms. The fraction of sp³-hybridized carbons (Fsp3) is 0.417. The zero-order valence-electron chi connectivity index (χ0n) is 11.0. The number of nitrogens with zero attached hydrogens (tertiary/aromatic N) is 1. The number of nitro groups is 1. The van der Waals surface area contributed by atoms with E-state index in [0.29, 0.717) is 18.8 Å². The van der Waals surface area contributed by atoms with Gasteiger partial charge < -0.3 is 20.7 Å². The lowest BCUT2D eigenvalue weighted by Crippen LogP contribution is -2.45. The van der Waals surface area contributed by atoms with Gasteiger partial charge in [-0.25, -0.2) is 4.79 Å². The molecule has 1 heterocycles. The number of hydrogen-bond acceptors (Lipinski definition) is 5. The van der Waals surface area contributed by atoms with Crippen LogP contribution in [0.4, 0.5) is 16.2 Å². The van der Waals surface area contributed by atoms with Crippen LogP contribution in [0.25, 0.3) is 0 Å². The van der Waals surface area contributed by atoms with Gasteiger partial charge in [0.1, 0.15) is 0 Å². The Hall–Kier alpha value is -2.19. The molecule has 1 aromatic rings. The van der Waals surface area contributed by atoms with Gasteiger partial charge in [0.2, 0.25) is 0 Å². The van der Waals surface area contributed by atoms with Gasteiger partial charge >= 0.3 is 6.03 Å². The molecule has 1 aliphatic heterocycles. The summed E-state index contributed by atoms with van der Waals surface area (Å²) in [5.41, 5.74) is 0.303. The average molecular weight is 280 g/mol. The van der Waals surface area contributed by atoms with Crippen LogP contribution in [0.5, 0.6) is 0 Å². The third-order valence-electron chi connectivity index (χ3n) is 3.09. The summed E-state index contributed by atoms with van der Waals surface area (Å²) in [6.07, 6.45) is -0.0779. The highest BCUT2D eigenvalue weighted by Gasteiger charge is 2.28. The van der Waals surface area contributed by atoms with Crippen LogP contribution in [0.3, 0.4) is 0 Å². The number of ether oxygens (including phenoxy) is 1. The Morgan fingerprint density at radius 2 is 2.30 bits per heavy atom. The van der Waals surface area contributed by atoms with E-state index in [0.717, 1.165) is 0 Å². The molecular formula is C12H16N4O4. The predicted octanol–water partition coefficient (Wildman–Crippen LogP) is 0.703. The molecule has 3 N–H and O–H groups in total. The lowest BCUT2D eigenvalue weighted by atomic mass is 10.2. The Bertz CT molecular complexity index is 508. The van der Waals surface area contributed by atoms with E-state index < -0.39 is 11.0 Å². The molecule has 1 aliphatic rings. The first-order chi connectivity index (χ1) is 9.60. The maximum absolute atomic E-state index is 11.8. The van der Waals surface area contributed by atoms with E-state index in [-0.39, 0.29) is 17.8 Å². The third-order valence-corrected chi connectivity index (χ3v) is 3.09. The number of nitrogens with one attached hydrogen (secondary N) is 3. The summed E-state index contributed by atoms with van der Waals surface area (Å²) in [6.45, 7) is 1.30. The Labute approximate surface area is 115 Å². The number of carbonyl (C=O) groups excluding carboxylic acids is 1. The fourth-order valence-electron chi connectivity index (χ4n) is 2.08. The summed E-state index contributed by atoms with van der Waals surface area (Å²) in [6, 6.07) is 5.24. The van der Waals surface area contributed by atoms with E-state index >= 15 is 0 Å². The van der Waals surface area contributed by atoms with Crippen LogP contribution < -0.4 is 16.0 Å². The number of non-ortho nitro benzene ring substituents is 1. The molecule has 0 radical (unpaired) electrons. The van der Waals surface area contributed by atoms with E-state index in [2.05, 4.69) is 16.0 Å². The van der Waals surface area contributed by atoms with E-state index in [1.165, 1.54) is 18.2 Å². The maximum atomic E-state index is 11.8. The second-order valence-corrected chi connectivity index (χ2v) is 4.44. The van der Waals surface area contributed by atoms with E-state index in [4.69, 9.17) is 4.74 Å². The van der Waals surface area contributed by atoms with Gasteiger partial charge in [0.05, 0.1) is 17.1 Å². The van der Waals surface area contributed by atoms with Crippen LogP contribution in [-0.2, 0) is 4.74 Å². The van der Waals surface area contributed by atoms with Crippen molar-refractivity contribution in [3.05, 3.63) is 34.4 Å². The van der Waals surface area contributed by atoms with Gasteiger partial charge in [-0.05, 0) is 6.07 Å². The van der Waals surface area contributed by atoms with Gasteiger partial charge in [0, 0.05) is 38.0 Å². The van der Waals surface area contributed by atoms with Gasteiger partial charge in [0.25, 0.3) is 5.69 Å². The molecule has 0 aliphatic carbocycles. The first kappa shape index (κ1) is 14.2. The van der Waals surface area contributed by atoms with Crippen molar-refractivity contribution in [3.63, 3.8) is 0 Å². The number of anilines is 1. The molecule has 8 nitrogen and oxygen atoms in total. The van der Waals surface area contributed by atoms with Crippen molar-refractivity contribution >= 4 is 17.4 Å². The Kier molecular flexibility index (Phi) is 4.49. The number of nitro benzene ring substituents is 1.